The third kappa shape index (κ3) is 3.42. The normalized spacial score (nSPS) is 15.8. The molecule has 1 saturated heterocycles. The predicted molar refractivity (Wildman–Crippen MR) is 80.3 cm³/mol. The Morgan fingerprint density at radius 2 is 2.00 bits per heavy atom. The van der Waals surface area contributed by atoms with E-state index in [2.05, 4.69) is 10.3 Å². The van der Waals surface area contributed by atoms with Crippen LogP contribution in [0.4, 0.5) is 10.9 Å². The first-order valence-corrected chi connectivity index (χ1v) is 7.34. The standard InChI is InChI=1S/C12H19N5O3S/c1-12(2,10(14)19)16-9(18)7-8(13)15-11(21-7)17-3-5-20-6-4-17/h3-6,13H2,1-2H3,(H2,14,19)(H,16,18). The molecule has 21 heavy (non-hydrogen) atoms. The van der Waals surface area contributed by atoms with Crippen LogP contribution in [0.5, 0.6) is 0 Å². The molecule has 2 heterocycles. The van der Waals surface area contributed by atoms with Crippen LogP contribution >= 0.6 is 11.3 Å². The van der Waals surface area contributed by atoms with Gasteiger partial charge in [-0.15, -0.1) is 0 Å². The highest BCUT2D eigenvalue weighted by molar-refractivity contribution is 7.18. The summed E-state index contributed by atoms with van der Waals surface area (Å²) < 4.78 is 5.27. The molecule has 1 aliphatic heterocycles. The Morgan fingerprint density at radius 1 is 1.38 bits per heavy atom. The fourth-order valence-corrected chi connectivity index (χ4v) is 2.71. The smallest absolute Gasteiger partial charge is 0.266 e. The van der Waals surface area contributed by atoms with Crippen molar-refractivity contribution in [2.24, 2.45) is 5.73 Å². The first kappa shape index (κ1) is 15.5. The van der Waals surface area contributed by atoms with E-state index < -0.39 is 17.4 Å². The maximum atomic E-state index is 12.2. The molecule has 0 bridgehead atoms. The summed E-state index contributed by atoms with van der Waals surface area (Å²) >= 11 is 1.20. The number of morpholine rings is 1. The molecule has 2 amide bonds. The van der Waals surface area contributed by atoms with Crippen LogP contribution in [0.3, 0.4) is 0 Å². The van der Waals surface area contributed by atoms with Crippen LogP contribution in [-0.2, 0) is 9.53 Å². The van der Waals surface area contributed by atoms with Crippen molar-refractivity contribution in [2.45, 2.75) is 19.4 Å². The summed E-state index contributed by atoms with van der Waals surface area (Å²) in [4.78, 5) is 30.0. The van der Waals surface area contributed by atoms with E-state index in [0.29, 0.717) is 31.4 Å². The largest absolute Gasteiger partial charge is 0.382 e. The number of nitrogens with zero attached hydrogens (tertiary/aromatic N) is 2. The second kappa shape index (κ2) is 5.86. The van der Waals surface area contributed by atoms with Crippen LogP contribution in [-0.4, -0.2) is 48.6 Å². The molecule has 5 N–H and O–H groups in total. The number of carbonyl (C=O) groups excluding carboxylic acids is 2. The summed E-state index contributed by atoms with van der Waals surface area (Å²) in [6, 6.07) is 0. The lowest BCUT2D eigenvalue weighted by molar-refractivity contribution is -0.122. The summed E-state index contributed by atoms with van der Waals surface area (Å²) in [6.45, 7) is 5.73. The Hall–Kier alpha value is -1.87. The molecule has 1 fully saturated rings. The number of primary amides is 1. The van der Waals surface area contributed by atoms with Crippen molar-refractivity contribution in [1.82, 2.24) is 10.3 Å². The molecular weight excluding hydrogens is 294 g/mol. The van der Waals surface area contributed by atoms with E-state index in [4.69, 9.17) is 16.2 Å². The minimum Gasteiger partial charge on any atom is -0.382 e. The molecule has 1 aromatic rings. The number of ether oxygens (including phenoxy) is 1. The van der Waals surface area contributed by atoms with Crippen molar-refractivity contribution < 1.29 is 14.3 Å². The van der Waals surface area contributed by atoms with Crippen molar-refractivity contribution >= 4 is 34.1 Å². The van der Waals surface area contributed by atoms with E-state index in [9.17, 15) is 9.59 Å². The van der Waals surface area contributed by atoms with Crippen molar-refractivity contribution in [3.05, 3.63) is 4.88 Å². The van der Waals surface area contributed by atoms with Gasteiger partial charge in [0.15, 0.2) is 5.13 Å². The molecule has 0 aromatic carbocycles. The van der Waals surface area contributed by atoms with E-state index in [1.807, 2.05) is 4.90 Å². The van der Waals surface area contributed by atoms with E-state index in [-0.39, 0.29) is 10.7 Å². The molecule has 0 spiro atoms. The fraction of sp³-hybridized carbons (Fsp3) is 0.583. The Bertz CT molecular complexity index is 551. The third-order valence-corrected chi connectivity index (χ3v) is 4.30. The number of rotatable bonds is 4. The monoisotopic (exact) mass is 313 g/mol. The van der Waals surface area contributed by atoms with Crippen molar-refractivity contribution in [3.63, 3.8) is 0 Å². The molecule has 0 saturated carbocycles. The molecule has 2 rings (SSSR count). The van der Waals surface area contributed by atoms with Gasteiger partial charge in [0.25, 0.3) is 5.91 Å². The highest BCUT2D eigenvalue weighted by atomic mass is 32.1. The number of anilines is 2. The predicted octanol–water partition coefficient (Wildman–Crippen LogP) is -0.444. The lowest BCUT2D eigenvalue weighted by Gasteiger charge is -2.26. The molecular formula is C12H19N5O3S. The zero-order valence-corrected chi connectivity index (χ0v) is 12.8. The maximum absolute atomic E-state index is 12.2. The minimum absolute atomic E-state index is 0.152. The zero-order chi connectivity index (χ0) is 15.6. The van der Waals surface area contributed by atoms with Gasteiger partial charge < -0.3 is 26.4 Å². The lowest BCUT2D eigenvalue weighted by Crippen LogP contribution is -2.52. The highest BCUT2D eigenvalue weighted by Crippen LogP contribution is 2.28. The molecule has 0 aliphatic carbocycles. The molecule has 116 valence electrons. The van der Waals surface area contributed by atoms with Gasteiger partial charge in [-0.25, -0.2) is 4.98 Å². The molecule has 1 aromatic heterocycles. The Balaban J connectivity index is 2.15. The van der Waals surface area contributed by atoms with Crippen LogP contribution in [0.25, 0.3) is 0 Å². The lowest BCUT2D eigenvalue weighted by atomic mass is 10.1. The summed E-state index contributed by atoms with van der Waals surface area (Å²) in [6.07, 6.45) is 0. The molecule has 0 atom stereocenters. The molecule has 9 heteroatoms. The average Bonchev–Trinajstić information content (AvgIpc) is 2.81. The van der Waals surface area contributed by atoms with Crippen LogP contribution in [0.15, 0.2) is 0 Å². The van der Waals surface area contributed by atoms with E-state index in [0.717, 1.165) is 0 Å². The number of carbonyl (C=O) groups is 2. The summed E-state index contributed by atoms with van der Waals surface area (Å²) in [5.41, 5.74) is 9.90. The molecule has 0 unspecified atom stereocenters. The van der Waals surface area contributed by atoms with E-state index >= 15 is 0 Å². The zero-order valence-electron chi connectivity index (χ0n) is 12.0. The van der Waals surface area contributed by atoms with Crippen LogP contribution < -0.4 is 21.7 Å². The highest BCUT2D eigenvalue weighted by Gasteiger charge is 2.30. The molecule has 0 radical (unpaired) electrons. The van der Waals surface area contributed by atoms with Gasteiger partial charge in [-0.1, -0.05) is 11.3 Å². The topological polar surface area (TPSA) is 124 Å². The van der Waals surface area contributed by atoms with Crippen molar-refractivity contribution in [1.29, 1.82) is 0 Å². The number of nitrogens with two attached hydrogens (primary N) is 2. The average molecular weight is 313 g/mol. The Labute approximate surface area is 126 Å². The van der Waals surface area contributed by atoms with Gasteiger partial charge in [-0.05, 0) is 13.8 Å². The molecule has 1 aliphatic rings. The van der Waals surface area contributed by atoms with Crippen LogP contribution in [0, 0.1) is 0 Å². The van der Waals surface area contributed by atoms with Gasteiger partial charge in [0.05, 0.1) is 13.2 Å². The quantitative estimate of drug-likeness (QED) is 0.692. The van der Waals surface area contributed by atoms with Crippen molar-refractivity contribution in [3.8, 4) is 0 Å². The maximum Gasteiger partial charge on any atom is 0.266 e. The minimum atomic E-state index is -1.15. The number of amides is 2. The van der Waals surface area contributed by atoms with Gasteiger partial charge in [-0.2, -0.15) is 0 Å². The number of aromatic nitrogens is 1. The number of nitrogens with one attached hydrogen (secondary N) is 1. The van der Waals surface area contributed by atoms with Crippen LogP contribution in [0.2, 0.25) is 0 Å². The summed E-state index contributed by atoms with van der Waals surface area (Å²) in [5, 5.41) is 3.24. The van der Waals surface area contributed by atoms with Gasteiger partial charge in [-0.3, -0.25) is 9.59 Å². The number of nitrogen functional groups attached to an aromatic ring is 1. The van der Waals surface area contributed by atoms with Gasteiger partial charge in [0.2, 0.25) is 5.91 Å². The SMILES string of the molecule is CC(C)(NC(=O)c1sc(N2CCOCC2)nc1N)C(N)=O. The van der Waals surface area contributed by atoms with E-state index in [1.165, 1.54) is 25.2 Å². The van der Waals surface area contributed by atoms with Crippen molar-refractivity contribution in [2.75, 3.05) is 36.9 Å². The molecule has 8 nitrogen and oxygen atoms in total. The summed E-state index contributed by atoms with van der Waals surface area (Å²) in [7, 11) is 0. The van der Waals surface area contributed by atoms with Gasteiger partial charge >= 0.3 is 0 Å². The summed E-state index contributed by atoms with van der Waals surface area (Å²) in [5.74, 6) is -0.917. The second-order valence-corrected chi connectivity index (χ2v) is 6.23. The van der Waals surface area contributed by atoms with Crippen LogP contribution in [0.1, 0.15) is 23.5 Å². The second-order valence-electron chi connectivity index (χ2n) is 5.25. The fourth-order valence-electron chi connectivity index (χ4n) is 1.77. The van der Waals surface area contributed by atoms with Gasteiger partial charge in [0, 0.05) is 13.1 Å². The van der Waals surface area contributed by atoms with Gasteiger partial charge in [0.1, 0.15) is 16.2 Å². The third-order valence-electron chi connectivity index (χ3n) is 3.17. The number of thiazole rings is 1. The first-order valence-electron chi connectivity index (χ1n) is 6.52. The number of hydrogen-bond donors (Lipinski definition) is 3. The van der Waals surface area contributed by atoms with E-state index in [1.54, 1.807) is 0 Å². The Morgan fingerprint density at radius 3 is 2.57 bits per heavy atom. The number of hydrogen-bond acceptors (Lipinski definition) is 7. The first-order chi connectivity index (χ1) is 9.81. The Kier molecular flexibility index (Phi) is 4.33.